The molecule has 0 bridgehead atoms. The van der Waals surface area contributed by atoms with E-state index >= 15 is 0 Å². The van der Waals surface area contributed by atoms with E-state index in [2.05, 4.69) is 20.0 Å². The van der Waals surface area contributed by atoms with Crippen LogP contribution < -0.4 is 4.90 Å². The van der Waals surface area contributed by atoms with Crippen LogP contribution in [0.4, 0.5) is 5.82 Å². The summed E-state index contributed by atoms with van der Waals surface area (Å²) in [6.07, 6.45) is 2.66. The van der Waals surface area contributed by atoms with Crippen LogP contribution in [0.5, 0.6) is 0 Å². The average molecular weight is 398 g/mol. The Kier molecular flexibility index (Phi) is 5.38. The molecular weight excluding hydrogens is 374 g/mol. The Morgan fingerprint density at radius 1 is 1.18 bits per heavy atom. The molecule has 0 unspecified atom stereocenters. The number of carbonyl (C=O) groups excluding carboxylic acids is 1. The van der Waals surface area contributed by atoms with Crippen LogP contribution in [0, 0.1) is 0 Å². The van der Waals surface area contributed by atoms with Crippen molar-refractivity contribution >= 4 is 23.1 Å². The Balaban J connectivity index is 1.54. The van der Waals surface area contributed by atoms with Gasteiger partial charge in [-0.2, -0.15) is 4.98 Å². The second-order valence-corrected chi connectivity index (χ2v) is 8.04. The Labute approximate surface area is 168 Å². The normalized spacial score (nSPS) is 15.1. The van der Waals surface area contributed by atoms with Crippen LogP contribution in [0.3, 0.4) is 0 Å². The molecule has 0 atom stereocenters. The van der Waals surface area contributed by atoms with Gasteiger partial charge in [0.25, 0.3) is 11.8 Å². The van der Waals surface area contributed by atoms with E-state index in [-0.39, 0.29) is 11.8 Å². The van der Waals surface area contributed by atoms with E-state index in [9.17, 15) is 4.79 Å². The molecule has 0 radical (unpaired) electrons. The monoisotopic (exact) mass is 397 g/mol. The van der Waals surface area contributed by atoms with E-state index in [0.717, 1.165) is 35.8 Å². The maximum absolute atomic E-state index is 12.7. The van der Waals surface area contributed by atoms with Gasteiger partial charge in [-0.25, -0.2) is 4.98 Å². The Morgan fingerprint density at radius 3 is 2.82 bits per heavy atom. The van der Waals surface area contributed by atoms with Crippen molar-refractivity contribution in [3.05, 3.63) is 46.5 Å². The highest BCUT2D eigenvalue weighted by atomic mass is 32.1. The van der Waals surface area contributed by atoms with E-state index < -0.39 is 0 Å². The van der Waals surface area contributed by atoms with E-state index in [1.54, 1.807) is 6.20 Å². The third-order valence-corrected chi connectivity index (χ3v) is 5.65. The van der Waals surface area contributed by atoms with Crippen molar-refractivity contribution in [2.45, 2.75) is 26.2 Å². The minimum absolute atomic E-state index is 0.108. The first-order valence-electron chi connectivity index (χ1n) is 9.50. The highest BCUT2D eigenvalue weighted by Crippen LogP contribution is 2.29. The number of amides is 1. The van der Waals surface area contributed by atoms with E-state index in [0.29, 0.717) is 24.8 Å². The fourth-order valence-electron chi connectivity index (χ4n) is 3.28. The average Bonchev–Trinajstić information content (AvgIpc) is 3.36. The van der Waals surface area contributed by atoms with Gasteiger partial charge in [0.05, 0.1) is 10.4 Å². The molecule has 0 saturated carbocycles. The summed E-state index contributed by atoms with van der Waals surface area (Å²) >= 11 is 1.49. The maximum Gasteiger partial charge on any atom is 0.263 e. The van der Waals surface area contributed by atoms with Crippen LogP contribution >= 0.6 is 11.3 Å². The molecule has 8 heteroatoms. The van der Waals surface area contributed by atoms with Gasteiger partial charge in [0.1, 0.15) is 5.82 Å². The lowest BCUT2D eigenvalue weighted by molar-refractivity contribution is 0.0772. The lowest BCUT2D eigenvalue weighted by Gasteiger charge is -2.23. The fourth-order valence-corrected chi connectivity index (χ4v) is 3.97. The van der Waals surface area contributed by atoms with E-state index in [4.69, 9.17) is 4.52 Å². The van der Waals surface area contributed by atoms with E-state index in [1.165, 1.54) is 11.3 Å². The Bertz CT molecular complexity index is 938. The molecule has 7 nitrogen and oxygen atoms in total. The molecule has 1 fully saturated rings. The van der Waals surface area contributed by atoms with Gasteiger partial charge >= 0.3 is 0 Å². The summed E-state index contributed by atoms with van der Waals surface area (Å²) in [6, 6.07) is 7.63. The standard InChI is InChI=1S/C20H23N5O2S/c1-14(2)17-22-19(27-23-17)15-6-3-8-21-18(15)24-9-5-10-25(12-11-24)20(26)16-7-4-13-28-16/h3-4,6-8,13-14H,5,9-12H2,1-2H3. The van der Waals surface area contributed by atoms with Crippen molar-refractivity contribution in [3.63, 3.8) is 0 Å². The van der Waals surface area contributed by atoms with Crippen LogP contribution in [0.15, 0.2) is 40.4 Å². The Morgan fingerprint density at radius 2 is 2.07 bits per heavy atom. The van der Waals surface area contributed by atoms with Crippen LogP contribution in [0.1, 0.15) is 41.7 Å². The van der Waals surface area contributed by atoms with Crippen molar-refractivity contribution in [3.8, 4) is 11.5 Å². The molecular formula is C20H23N5O2S. The third kappa shape index (κ3) is 3.77. The van der Waals surface area contributed by atoms with Gasteiger partial charge in [-0.05, 0) is 30.0 Å². The number of carbonyl (C=O) groups is 1. The van der Waals surface area contributed by atoms with Gasteiger partial charge in [-0.15, -0.1) is 11.3 Å². The second-order valence-electron chi connectivity index (χ2n) is 7.10. The van der Waals surface area contributed by atoms with Crippen LogP contribution in [-0.2, 0) is 0 Å². The molecule has 1 amide bonds. The summed E-state index contributed by atoms with van der Waals surface area (Å²) in [6.45, 7) is 7.01. The van der Waals surface area contributed by atoms with Crippen LogP contribution in [0.25, 0.3) is 11.5 Å². The van der Waals surface area contributed by atoms with Crippen molar-refractivity contribution in [2.75, 3.05) is 31.1 Å². The summed E-state index contributed by atoms with van der Waals surface area (Å²) in [5.41, 5.74) is 0.833. The molecule has 146 valence electrons. The summed E-state index contributed by atoms with van der Waals surface area (Å²) in [7, 11) is 0. The molecule has 1 aliphatic heterocycles. The molecule has 1 saturated heterocycles. The quantitative estimate of drug-likeness (QED) is 0.669. The number of hydrogen-bond acceptors (Lipinski definition) is 7. The zero-order chi connectivity index (χ0) is 19.5. The summed E-state index contributed by atoms with van der Waals surface area (Å²) < 4.78 is 5.49. The number of aromatic nitrogens is 3. The van der Waals surface area contributed by atoms with Crippen molar-refractivity contribution in [1.29, 1.82) is 0 Å². The number of thiophene rings is 1. The van der Waals surface area contributed by atoms with Crippen LogP contribution in [-0.4, -0.2) is 52.1 Å². The molecule has 0 N–H and O–H groups in total. The molecule has 4 heterocycles. The number of nitrogens with zero attached hydrogens (tertiary/aromatic N) is 5. The summed E-state index contributed by atoms with van der Waals surface area (Å²) in [4.78, 5) is 26.7. The largest absolute Gasteiger partial charge is 0.354 e. The molecule has 4 rings (SSSR count). The molecule has 0 spiro atoms. The number of rotatable bonds is 4. The summed E-state index contributed by atoms with van der Waals surface area (Å²) in [5.74, 6) is 2.31. The Hall–Kier alpha value is -2.74. The minimum atomic E-state index is 0.108. The predicted molar refractivity (Wildman–Crippen MR) is 109 cm³/mol. The van der Waals surface area contributed by atoms with Gasteiger partial charge in [-0.1, -0.05) is 25.1 Å². The predicted octanol–water partition coefficient (Wildman–Crippen LogP) is 3.67. The molecule has 3 aromatic heterocycles. The molecule has 0 aromatic carbocycles. The maximum atomic E-state index is 12.7. The zero-order valence-electron chi connectivity index (χ0n) is 16.0. The van der Waals surface area contributed by atoms with Gasteiger partial charge in [0.15, 0.2) is 5.82 Å². The van der Waals surface area contributed by atoms with Crippen molar-refractivity contribution in [1.82, 2.24) is 20.0 Å². The number of hydrogen-bond donors (Lipinski definition) is 0. The first-order valence-corrected chi connectivity index (χ1v) is 10.4. The third-order valence-electron chi connectivity index (χ3n) is 4.79. The smallest absolute Gasteiger partial charge is 0.263 e. The van der Waals surface area contributed by atoms with Gasteiger partial charge < -0.3 is 14.3 Å². The lowest BCUT2D eigenvalue weighted by Crippen LogP contribution is -2.35. The highest BCUT2D eigenvalue weighted by molar-refractivity contribution is 7.12. The number of pyridine rings is 1. The van der Waals surface area contributed by atoms with Crippen molar-refractivity contribution in [2.24, 2.45) is 0 Å². The van der Waals surface area contributed by atoms with Crippen LogP contribution in [0.2, 0.25) is 0 Å². The lowest BCUT2D eigenvalue weighted by atomic mass is 10.2. The fraction of sp³-hybridized carbons (Fsp3) is 0.400. The SMILES string of the molecule is CC(C)c1noc(-c2cccnc2N2CCCN(C(=O)c3cccs3)CC2)n1. The first kappa shape index (κ1) is 18.6. The van der Waals surface area contributed by atoms with Gasteiger partial charge in [-0.3, -0.25) is 4.79 Å². The minimum Gasteiger partial charge on any atom is -0.354 e. The topological polar surface area (TPSA) is 75.4 Å². The number of anilines is 1. The first-order chi connectivity index (χ1) is 13.6. The highest BCUT2D eigenvalue weighted by Gasteiger charge is 2.24. The zero-order valence-corrected chi connectivity index (χ0v) is 16.9. The van der Waals surface area contributed by atoms with Crippen molar-refractivity contribution < 1.29 is 9.32 Å². The molecule has 1 aliphatic rings. The molecule has 3 aromatic rings. The van der Waals surface area contributed by atoms with E-state index in [1.807, 2.05) is 48.4 Å². The molecule has 0 aliphatic carbocycles. The van der Waals surface area contributed by atoms with Gasteiger partial charge in [0, 0.05) is 38.3 Å². The van der Waals surface area contributed by atoms with Gasteiger partial charge in [0.2, 0.25) is 0 Å². The second kappa shape index (κ2) is 8.10. The summed E-state index contributed by atoms with van der Waals surface area (Å²) in [5, 5.41) is 6.01. The molecule has 28 heavy (non-hydrogen) atoms.